The Morgan fingerprint density at radius 3 is 1.69 bits per heavy atom. The lowest BCUT2D eigenvalue weighted by molar-refractivity contribution is 1.13. The first-order valence-corrected chi connectivity index (χ1v) is 10.9. The molecule has 32 heavy (non-hydrogen) atoms. The minimum Gasteiger partial charge on any atom is -0.275 e. The summed E-state index contributed by atoms with van der Waals surface area (Å²) >= 11 is 0. The van der Waals surface area contributed by atoms with E-state index in [2.05, 4.69) is 67.6 Å². The molecule has 0 unspecified atom stereocenters. The Morgan fingerprint density at radius 2 is 1.03 bits per heavy atom. The van der Waals surface area contributed by atoms with Crippen molar-refractivity contribution < 1.29 is 0 Å². The van der Waals surface area contributed by atoms with Gasteiger partial charge in [-0.2, -0.15) is 0 Å². The molecule has 0 spiro atoms. The summed E-state index contributed by atoms with van der Waals surface area (Å²) in [4.78, 5) is 14.0. The van der Waals surface area contributed by atoms with Crippen LogP contribution in [0.5, 0.6) is 0 Å². The van der Waals surface area contributed by atoms with Crippen molar-refractivity contribution in [1.29, 1.82) is 0 Å². The van der Waals surface area contributed by atoms with Gasteiger partial charge in [-0.3, -0.25) is 9.20 Å². The van der Waals surface area contributed by atoms with E-state index in [9.17, 15) is 4.79 Å². The molecule has 2 nitrogen and oxygen atoms in total. The molecule has 6 rings (SSSR count). The average Bonchev–Trinajstić information content (AvgIpc) is 2.87. The first-order valence-electron chi connectivity index (χ1n) is 10.9. The van der Waals surface area contributed by atoms with Gasteiger partial charge in [-0.05, 0) is 40.5 Å². The molecule has 0 aliphatic rings. The van der Waals surface area contributed by atoms with E-state index in [0.717, 1.165) is 55.0 Å². The summed E-state index contributed by atoms with van der Waals surface area (Å²) in [6.07, 6.45) is 0. The normalized spacial score (nSPS) is 11.4. The van der Waals surface area contributed by atoms with Crippen LogP contribution in [0.4, 0.5) is 0 Å². The molecule has 152 valence electrons. The third-order valence-corrected chi connectivity index (χ3v) is 6.37. The second-order valence-electron chi connectivity index (χ2n) is 8.16. The molecule has 0 radical (unpaired) electrons. The van der Waals surface area contributed by atoms with Crippen molar-refractivity contribution >= 4 is 27.1 Å². The summed E-state index contributed by atoms with van der Waals surface area (Å²) in [5.41, 5.74) is 6.25. The molecule has 0 saturated heterocycles. The Bertz CT molecular complexity index is 1680. The topological polar surface area (TPSA) is 21.5 Å². The Hall–Kier alpha value is -4.17. The third-order valence-electron chi connectivity index (χ3n) is 6.37. The molecule has 0 fully saturated rings. The lowest BCUT2D eigenvalue weighted by Crippen LogP contribution is -2.18. The lowest BCUT2D eigenvalue weighted by atomic mass is 9.91. The van der Waals surface area contributed by atoms with Gasteiger partial charge >= 0.3 is 0 Å². The maximum absolute atomic E-state index is 14.0. The summed E-state index contributed by atoms with van der Waals surface area (Å²) in [6, 6.07) is 37.0. The van der Waals surface area contributed by atoms with Gasteiger partial charge in [0.1, 0.15) is 0 Å². The molecule has 4 aromatic carbocycles. The zero-order chi connectivity index (χ0) is 21.7. The van der Waals surface area contributed by atoms with Crippen molar-refractivity contribution in [1.82, 2.24) is 4.40 Å². The molecule has 0 aliphatic carbocycles. The highest BCUT2D eigenvalue weighted by Crippen LogP contribution is 2.41. The number of rotatable bonds is 2. The quantitative estimate of drug-likeness (QED) is 0.217. The largest absolute Gasteiger partial charge is 0.275 e. The monoisotopic (exact) mass is 411 g/mol. The Morgan fingerprint density at radius 1 is 0.531 bits per heavy atom. The fourth-order valence-corrected chi connectivity index (χ4v) is 4.96. The van der Waals surface area contributed by atoms with E-state index >= 15 is 0 Å². The maximum Gasteiger partial charge on any atom is 0.263 e. The molecular weight excluding hydrogens is 390 g/mol. The Kier molecular flexibility index (Phi) is 4.19. The van der Waals surface area contributed by atoms with Crippen LogP contribution in [0.2, 0.25) is 0 Å². The number of benzene rings is 4. The van der Waals surface area contributed by atoms with Crippen LogP contribution >= 0.6 is 0 Å². The summed E-state index contributed by atoms with van der Waals surface area (Å²) in [5, 5.41) is 3.99. The van der Waals surface area contributed by atoms with E-state index in [1.54, 1.807) is 0 Å². The van der Waals surface area contributed by atoms with Crippen molar-refractivity contribution in [3.8, 4) is 22.4 Å². The number of aromatic nitrogens is 1. The van der Waals surface area contributed by atoms with Crippen LogP contribution in [0, 0.1) is 6.92 Å². The van der Waals surface area contributed by atoms with E-state index in [4.69, 9.17) is 0 Å². The van der Waals surface area contributed by atoms with Crippen molar-refractivity contribution in [2.75, 3.05) is 0 Å². The van der Waals surface area contributed by atoms with Gasteiger partial charge in [0.2, 0.25) is 0 Å². The lowest BCUT2D eigenvalue weighted by Gasteiger charge is -2.21. The SMILES string of the molecule is Cc1c2ccccc2c(=O)n2c(-c3ccccc3)c(-c3ccccc3)c3ccccc3c12. The summed E-state index contributed by atoms with van der Waals surface area (Å²) < 4.78 is 1.94. The summed E-state index contributed by atoms with van der Waals surface area (Å²) in [5.74, 6) is 0. The maximum atomic E-state index is 14.0. The van der Waals surface area contributed by atoms with Crippen LogP contribution in [-0.2, 0) is 0 Å². The van der Waals surface area contributed by atoms with Crippen molar-refractivity contribution in [3.05, 3.63) is 125 Å². The van der Waals surface area contributed by atoms with Crippen LogP contribution in [0.25, 0.3) is 49.4 Å². The molecule has 6 aromatic rings. The third kappa shape index (κ3) is 2.63. The van der Waals surface area contributed by atoms with Gasteiger partial charge in [0.25, 0.3) is 5.56 Å². The van der Waals surface area contributed by atoms with Crippen LogP contribution < -0.4 is 5.56 Å². The number of hydrogen-bond acceptors (Lipinski definition) is 1. The van der Waals surface area contributed by atoms with Crippen LogP contribution in [0.15, 0.2) is 114 Å². The second-order valence-corrected chi connectivity index (χ2v) is 8.16. The molecule has 2 heteroatoms. The molecule has 0 bridgehead atoms. The number of nitrogens with zero attached hydrogens (tertiary/aromatic N) is 1. The number of aryl methyl sites for hydroxylation is 1. The highest BCUT2D eigenvalue weighted by molar-refractivity contribution is 6.12. The minimum atomic E-state index is 0.0167. The second kappa shape index (κ2) is 7.21. The highest BCUT2D eigenvalue weighted by atomic mass is 16.1. The molecule has 0 saturated carbocycles. The number of fused-ring (bicyclic) bond motifs is 4. The van der Waals surface area contributed by atoms with Crippen molar-refractivity contribution in [2.45, 2.75) is 6.92 Å². The first kappa shape index (κ1) is 18.6. The van der Waals surface area contributed by atoms with Gasteiger partial charge in [0, 0.05) is 16.3 Å². The van der Waals surface area contributed by atoms with Gasteiger partial charge in [0.15, 0.2) is 0 Å². The average molecular weight is 412 g/mol. The zero-order valence-corrected chi connectivity index (χ0v) is 17.7. The van der Waals surface area contributed by atoms with Crippen molar-refractivity contribution in [3.63, 3.8) is 0 Å². The van der Waals surface area contributed by atoms with Gasteiger partial charge < -0.3 is 0 Å². The summed E-state index contributed by atoms with van der Waals surface area (Å²) in [6.45, 7) is 2.13. The van der Waals surface area contributed by atoms with E-state index in [-0.39, 0.29) is 5.56 Å². The fraction of sp³-hybridized carbons (Fsp3) is 0.0333. The minimum absolute atomic E-state index is 0.0167. The van der Waals surface area contributed by atoms with Gasteiger partial charge in [-0.15, -0.1) is 0 Å². The van der Waals surface area contributed by atoms with Crippen LogP contribution in [0.3, 0.4) is 0 Å². The van der Waals surface area contributed by atoms with E-state index in [1.807, 2.05) is 52.9 Å². The highest BCUT2D eigenvalue weighted by Gasteiger charge is 2.21. The molecule has 2 heterocycles. The predicted molar refractivity (Wildman–Crippen MR) is 134 cm³/mol. The van der Waals surface area contributed by atoms with Crippen molar-refractivity contribution in [2.24, 2.45) is 0 Å². The summed E-state index contributed by atoms with van der Waals surface area (Å²) in [7, 11) is 0. The Labute approximate surface area is 186 Å². The van der Waals surface area contributed by atoms with E-state index < -0.39 is 0 Å². The Balaban J connectivity index is 2.00. The van der Waals surface area contributed by atoms with Gasteiger partial charge in [-0.25, -0.2) is 0 Å². The molecule has 0 aliphatic heterocycles. The van der Waals surface area contributed by atoms with Gasteiger partial charge in [-0.1, -0.05) is 103 Å². The van der Waals surface area contributed by atoms with E-state index in [0.29, 0.717) is 0 Å². The molecule has 0 N–H and O–H groups in total. The zero-order valence-electron chi connectivity index (χ0n) is 17.7. The molecular formula is C30H21NO. The number of pyridine rings is 2. The molecule has 0 amide bonds. The fourth-order valence-electron chi connectivity index (χ4n) is 4.96. The smallest absolute Gasteiger partial charge is 0.263 e. The first-order chi connectivity index (χ1) is 15.8. The van der Waals surface area contributed by atoms with E-state index in [1.165, 1.54) is 0 Å². The molecule has 0 atom stereocenters. The predicted octanol–water partition coefficient (Wildman–Crippen LogP) is 7.25. The van der Waals surface area contributed by atoms with Gasteiger partial charge in [0.05, 0.1) is 11.2 Å². The molecule has 2 aromatic heterocycles. The number of hydrogen-bond donors (Lipinski definition) is 0. The van der Waals surface area contributed by atoms with Crippen LogP contribution in [0.1, 0.15) is 5.56 Å². The standard InChI is InChI=1S/C30H21NO/c1-20-23-16-8-11-19-26(23)30(32)31-28(20)25-18-10-9-17-24(25)27(21-12-4-2-5-13-21)29(31)22-14-6-3-7-15-22/h2-19H,1H3. The van der Waals surface area contributed by atoms with Crippen LogP contribution in [-0.4, -0.2) is 4.40 Å².